The van der Waals surface area contributed by atoms with Crippen molar-refractivity contribution in [1.82, 2.24) is 10.2 Å². The van der Waals surface area contributed by atoms with Gasteiger partial charge in [-0.1, -0.05) is 6.92 Å². The van der Waals surface area contributed by atoms with Crippen molar-refractivity contribution in [3.8, 4) is 6.07 Å². The van der Waals surface area contributed by atoms with Crippen LogP contribution in [0.5, 0.6) is 0 Å². The number of urea groups is 1. The van der Waals surface area contributed by atoms with Crippen LogP contribution < -0.4 is 10.2 Å². The maximum absolute atomic E-state index is 14.1. The number of hydrogen-bond acceptors (Lipinski definition) is 4. The summed E-state index contributed by atoms with van der Waals surface area (Å²) in [5, 5.41) is 11.8. The van der Waals surface area contributed by atoms with E-state index in [1.165, 1.54) is 6.07 Å². The molecule has 0 spiro atoms. The van der Waals surface area contributed by atoms with E-state index in [4.69, 9.17) is 10.00 Å². The van der Waals surface area contributed by atoms with Crippen molar-refractivity contribution >= 4 is 11.7 Å². The second-order valence-electron chi connectivity index (χ2n) is 6.71. The molecule has 0 aromatic heterocycles. The van der Waals surface area contributed by atoms with E-state index >= 15 is 0 Å². The smallest absolute Gasteiger partial charge is 0.317 e. The van der Waals surface area contributed by atoms with Gasteiger partial charge in [0.05, 0.1) is 30.5 Å². The van der Waals surface area contributed by atoms with E-state index in [9.17, 15) is 9.18 Å². The molecule has 7 heteroatoms. The van der Waals surface area contributed by atoms with Gasteiger partial charge in [-0.3, -0.25) is 0 Å². The third-order valence-electron chi connectivity index (χ3n) is 4.55. The van der Waals surface area contributed by atoms with Gasteiger partial charge in [-0.05, 0) is 18.2 Å². The minimum atomic E-state index is -0.398. The van der Waals surface area contributed by atoms with Crippen LogP contribution in [0.4, 0.5) is 14.9 Å². The summed E-state index contributed by atoms with van der Waals surface area (Å²) in [7, 11) is 0. The molecule has 1 aromatic rings. The first-order valence-electron chi connectivity index (χ1n) is 8.06. The lowest BCUT2D eigenvalue weighted by atomic mass is 9.89. The summed E-state index contributed by atoms with van der Waals surface area (Å²) in [6.45, 7) is 6.26. The Labute approximate surface area is 140 Å². The second kappa shape index (κ2) is 6.65. The van der Waals surface area contributed by atoms with E-state index in [-0.39, 0.29) is 11.4 Å². The van der Waals surface area contributed by atoms with E-state index in [0.717, 1.165) is 0 Å². The number of rotatable bonds is 3. The molecule has 1 N–H and O–H groups in total. The quantitative estimate of drug-likeness (QED) is 0.912. The van der Waals surface area contributed by atoms with Gasteiger partial charge < -0.3 is 19.9 Å². The highest BCUT2D eigenvalue weighted by atomic mass is 19.1. The zero-order valence-electron chi connectivity index (χ0n) is 13.7. The predicted octanol–water partition coefficient (Wildman–Crippen LogP) is 1.57. The van der Waals surface area contributed by atoms with E-state index in [1.54, 1.807) is 17.0 Å². The zero-order valence-corrected chi connectivity index (χ0v) is 13.7. The van der Waals surface area contributed by atoms with Crippen LogP contribution in [0.3, 0.4) is 0 Å². The number of halogens is 1. The standard InChI is InChI=1S/C17H21FN4O2/c1-17(11-24-12-17)10-20-16(23)22-6-4-21(5-7-22)15-3-2-13(9-19)8-14(15)18/h2-3,8H,4-7,10-12H2,1H3,(H,20,23). The summed E-state index contributed by atoms with van der Waals surface area (Å²) in [5.41, 5.74) is 0.833. The molecule has 2 saturated heterocycles. The third-order valence-corrected chi connectivity index (χ3v) is 4.55. The van der Waals surface area contributed by atoms with Crippen LogP contribution in [0, 0.1) is 22.6 Å². The van der Waals surface area contributed by atoms with Crippen LogP contribution >= 0.6 is 0 Å². The Bertz CT molecular complexity index is 661. The molecule has 1 aromatic carbocycles. The van der Waals surface area contributed by atoms with Crippen LogP contribution in [0.2, 0.25) is 0 Å². The normalized spacial score (nSPS) is 19.4. The van der Waals surface area contributed by atoms with E-state index in [0.29, 0.717) is 57.2 Å². The van der Waals surface area contributed by atoms with Gasteiger partial charge in [0, 0.05) is 38.1 Å². The van der Waals surface area contributed by atoms with Crippen LogP contribution in [0.1, 0.15) is 12.5 Å². The van der Waals surface area contributed by atoms with E-state index in [1.807, 2.05) is 11.0 Å². The van der Waals surface area contributed by atoms with Crippen LogP contribution in [-0.2, 0) is 4.74 Å². The number of piperazine rings is 1. The first-order chi connectivity index (χ1) is 11.5. The topological polar surface area (TPSA) is 68.6 Å². The minimum absolute atomic E-state index is 0.0447. The lowest BCUT2D eigenvalue weighted by Crippen LogP contribution is -2.55. The summed E-state index contributed by atoms with van der Waals surface area (Å²) < 4.78 is 19.3. The molecule has 2 amide bonds. The summed E-state index contributed by atoms with van der Waals surface area (Å²) in [6.07, 6.45) is 0. The van der Waals surface area contributed by atoms with Crippen LogP contribution in [-0.4, -0.2) is 56.9 Å². The van der Waals surface area contributed by atoms with Crippen molar-refractivity contribution in [1.29, 1.82) is 5.26 Å². The van der Waals surface area contributed by atoms with Crippen molar-refractivity contribution in [3.05, 3.63) is 29.6 Å². The molecular weight excluding hydrogens is 311 g/mol. The Morgan fingerprint density at radius 1 is 1.38 bits per heavy atom. The molecule has 0 radical (unpaired) electrons. The molecule has 0 aliphatic carbocycles. The van der Waals surface area contributed by atoms with E-state index < -0.39 is 5.82 Å². The average molecular weight is 332 g/mol. The second-order valence-corrected chi connectivity index (χ2v) is 6.71. The number of benzene rings is 1. The van der Waals surface area contributed by atoms with Gasteiger partial charge in [-0.25, -0.2) is 9.18 Å². The molecule has 2 fully saturated rings. The molecule has 24 heavy (non-hydrogen) atoms. The molecule has 2 heterocycles. The molecule has 0 atom stereocenters. The van der Waals surface area contributed by atoms with Crippen LogP contribution in [0.15, 0.2) is 18.2 Å². The van der Waals surface area contributed by atoms with Crippen molar-refractivity contribution in [2.75, 3.05) is 50.8 Å². The minimum Gasteiger partial charge on any atom is -0.380 e. The number of amides is 2. The number of carbonyl (C=O) groups excluding carboxylic acids is 1. The number of ether oxygens (including phenoxy) is 1. The summed E-state index contributed by atoms with van der Waals surface area (Å²) in [6, 6.07) is 6.33. The molecule has 0 bridgehead atoms. The number of nitrogens with one attached hydrogen (secondary N) is 1. The lowest BCUT2D eigenvalue weighted by molar-refractivity contribution is -0.0978. The van der Waals surface area contributed by atoms with Crippen molar-refractivity contribution < 1.29 is 13.9 Å². The zero-order chi connectivity index (χ0) is 17.2. The summed E-state index contributed by atoms with van der Waals surface area (Å²) >= 11 is 0. The predicted molar refractivity (Wildman–Crippen MR) is 87.2 cm³/mol. The third kappa shape index (κ3) is 3.44. The van der Waals surface area contributed by atoms with Gasteiger partial charge in [0.15, 0.2) is 0 Å². The molecule has 2 aliphatic rings. The number of carbonyl (C=O) groups is 1. The largest absolute Gasteiger partial charge is 0.380 e. The average Bonchev–Trinajstić information content (AvgIpc) is 2.58. The SMILES string of the molecule is CC1(CNC(=O)N2CCN(c3ccc(C#N)cc3F)CC2)COC1. The lowest BCUT2D eigenvalue weighted by Gasteiger charge is -2.40. The van der Waals surface area contributed by atoms with Crippen molar-refractivity contribution in [2.45, 2.75) is 6.92 Å². The number of hydrogen-bond donors (Lipinski definition) is 1. The van der Waals surface area contributed by atoms with Gasteiger partial charge >= 0.3 is 6.03 Å². The highest BCUT2D eigenvalue weighted by Gasteiger charge is 2.34. The number of anilines is 1. The maximum atomic E-state index is 14.1. The Balaban J connectivity index is 1.52. The molecule has 3 rings (SSSR count). The van der Waals surface area contributed by atoms with Gasteiger partial charge in [0.2, 0.25) is 0 Å². The first kappa shape index (κ1) is 16.5. The van der Waals surface area contributed by atoms with Gasteiger partial charge in [0.1, 0.15) is 5.82 Å². The first-order valence-corrected chi connectivity index (χ1v) is 8.06. The molecule has 6 nitrogen and oxygen atoms in total. The highest BCUT2D eigenvalue weighted by molar-refractivity contribution is 5.74. The molecule has 0 saturated carbocycles. The monoisotopic (exact) mass is 332 g/mol. The Morgan fingerprint density at radius 2 is 2.08 bits per heavy atom. The van der Waals surface area contributed by atoms with Gasteiger partial charge in [-0.15, -0.1) is 0 Å². The fourth-order valence-corrected chi connectivity index (χ4v) is 2.94. The Kier molecular flexibility index (Phi) is 4.58. The fourth-order valence-electron chi connectivity index (χ4n) is 2.94. The van der Waals surface area contributed by atoms with Crippen molar-refractivity contribution in [2.24, 2.45) is 5.41 Å². The van der Waals surface area contributed by atoms with E-state index in [2.05, 4.69) is 12.2 Å². The van der Waals surface area contributed by atoms with Gasteiger partial charge in [0.25, 0.3) is 0 Å². The molecule has 0 unspecified atom stereocenters. The molecular formula is C17H21FN4O2. The maximum Gasteiger partial charge on any atom is 0.317 e. The summed E-state index contributed by atoms with van der Waals surface area (Å²) in [4.78, 5) is 15.9. The molecule has 128 valence electrons. The summed E-state index contributed by atoms with van der Waals surface area (Å²) in [5.74, 6) is -0.398. The fraction of sp³-hybridized carbons (Fsp3) is 0.529. The molecule has 2 aliphatic heterocycles. The van der Waals surface area contributed by atoms with Gasteiger partial charge in [-0.2, -0.15) is 5.26 Å². The number of nitrogens with zero attached hydrogens (tertiary/aromatic N) is 3. The highest BCUT2D eigenvalue weighted by Crippen LogP contribution is 2.25. The van der Waals surface area contributed by atoms with Crippen molar-refractivity contribution in [3.63, 3.8) is 0 Å². The Morgan fingerprint density at radius 3 is 2.62 bits per heavy atom. The Hall–Kier alpha value is -2.33. The number of nitriles is 1. The van der Waals surface area contributed by atoms with Crippen LogP contribution in [0.25, 0.3) is 0 Å².